The van der Waals surface area contributed by atoms with Crippen LogP contribution in [0.2, 0.25) is 5.02 Å². The first-order valence-corrected chi connectivity index (χ1v) is 13.9. The molecule has 0 spiro atoms. The van der Waals surface area contributed by atoms with E-state index < -0.39 is 11.9 Å². The van der Waals surface area contributed by atoms with Crippen LogP contribution in [0.25, 0.3) is 0 Å². The van der Waals surface area contributed by atoms with E-state index in [2.05, 4.69) is 38.9 Å². The van der Waals surface area contributed by atoms with E-state index in [1.54, 1.807) is 25.3 Å². The highest BCUT2D eigenvalue weighted by Crippen LogP contribution is 2.31. The number of nitrogens with zero attached hydrogens (tertiary/aromatic N) is 5. The van der Waals surface area contributed by atoms with Gasteiger partial charge in [0.05, 0.1) is 20.3 Å². The highest BCUT2D eigenvalue weighted by Gasteiger charge is 2.20. The molecule has 0 unspecified atom stereocenters. The number of piperazine rings is 1. The average Bonchev–Trinajstić information content (AvgIpc) is 2.96. The van der Waals surface area contributed by atoms with Crippen LogP contribution in [0.5, 0.6) is 11.5 Å². The fourth-order valence-electron chi connectivity index (χ4n) is 4.61. The largest absolute Gasteiger partial charge is 0.493 e. The summed E-state index contributed by atoms with van der Waals surface area (Å²) in [5.74, 6) is 0.839. The Morgan fingerprint density at radius 1 is 1.15 bits per heavy atom. The van der Waals surface area contributed by atoms with Crippen LogP contribution in [0.4, 0.5) is 26.6 Å². The number of halogens is 2. The van der Waals surface area contributed by atoms with Crippen molar-refractivity contribution in [2.45, 2.75) is 32.9 Å². The number of anilines is 3. The van der Waals surface area contributed by atoms with Crippen LogP contribution in [0.1, 0.15) is 25.8 Å². The molecule has 1 amide bonds. The third-order valence-electron chi connectivity index (χ3n) is 6.92. The summed E-state index contributed by atoms with van der Waals surface area (Å²) in [5, 5.41) is 13.1. The maximum atomic E-state index is 14.3. The monoisotopic (exact) mass is 586 g/mol. The molecule has 3 aromatic rings. The fourth-order valence-corrected chi connectivity index (χ4v) is 4.80. The molecular formula is C29H36ClFN6O4. The Hall–Kier alpha value is -3.67. The van der Waals surface area contributed by atoms with Gasteiger partial charge in [0.15, 0.2) is 11.5 Å². The van der Waals surface area contributed by atoms with Gasteiger partial charge in [-0.2, -0.15) is 4.98 Å². The zero-order valence-corrected chi connectivity index (χ0v) is 24.3. The number of carbonyl (C=O) groups is 1. The molecule has 41 heavy (non-hydrogen) atoms. The van der Waals surface area contributed by atoms with Gasteiger partial charge in [-0.3, -0.25) is 9.80 Å². The predicted molar refractivity (Wildman–Crippen MR) is 157 cm³/mol. The van der Waals surface area contributed by atoms with Gasteiger partial charge in [0.25, 0.3) is 0 Å². The third-order valence-corrected chi connectivity index (χ3v) is 7.15. The van der Waals surface area contributed by atoms with Crippen LogP contribution in [-0.2, 0) is 6.54 Å². The van der Waals surface area contributed by atoms with E-state index in [9.17, 15) is 14.3 Å². The molecule has 1 aliphatic heterocycles. The maximum absolute atomic E-state index is 14.3. The van der Waals surface area contributed by atoms with E-state index in [-0.39, 0.29) is 23.9 Å². The number of nitrogens with one attached hydrogen (secondary N) is 1. The molecule has 0 radical (unpaired) electrons. The first-order valence-electron chi connectivity index (χ1n) is 13.5. The van der Waals surface area contributed by atoms with Gasteiger partial charge in [-0.15, -0.1) is 0 Å². The average molecular weight is 587 g/mol. The summed E-state index contributed by atoms with van der Waals surface area (Å²) in [6.45, 7) is 10.1. The van der Waals surface area contributed by atoms with Crippen molar-refractivity contribution in [2.24, 2.45) is 0 Å². The van der Waals surface area contributed by atoms with Gasteiger partial charge in [0.1, 0.15) is 11.6 Å². The molecule has 1 saturated heterocycles. The number of amides is 1. The van der Waals surface area contributed by atoms with Crippen molar-refractivity contribution in [2.75, 3.05) is 56.7 Å². The lowest BCUT2D eigenvalue weighted by Gasteiger charge is -2.36. The van der Waals surface area contributed by atoms with Crippen LogP contribution in [-0.4, -0.2) is 83.4 Å². The summed E-state index contributed by atoms with van der Waals surface area (Å²) in [6.07, 6.45) is 1.03. The number of rotatable bonds is 12. The Balaban J connectivity index is 1.35. The van der Waals surface area contributed by atoms with Crippen LogP contribution >= 0.6 is 11.6 Å². The highest BCUT2D eigenvalue weighted by atomic mass is 35.5. The van der Waals surface area contributed by atoms with Crippen molar-refractivity contribution < 1.29 is 23.8 Å². The van der Waals surface area contributed by atoms with Crippen LogP contribution in [0.15, 0.2) is 48.7 Å². The molecule has 1 aliphatic rings. The molecule has 4 rings (SSSR count). The molecule has 2 N–H and O–H groups in total. The maximum Gasteiger partial charge on any atom is 0.413 e. The van der Waals surface area contributed by atoms with Gasteiger partial charge >= 0.3 is 6.09 Å². The Kier molecular flexibility index (Phi) is 10.6. The SMILES string of the molecule is COc1cc(Nc2nccc(N(Cc3cc(Cl)ccc3F)C(=O)O)n2)ccc1OCCCN1CCN(C(C)C)CC1. The van der Waals surface area contributed by atoms with E-state index in [0.717, 1.165) is 44.0 Å². The molecule has 2 aromatic carbocycles. The summed E-state index contributed by atoms with van der Waals surface area (Å²) in [4.78, 5) is 26.4. The standard InChI is InChI=1S/C29H36ClFN6O4/c1-20(2)36-14-12-35(13-15-36)11-4-16-41-25-8-6-23(18-26(25)40-3)33-28-32-10-9-27(34-28)37(29(38)39)19-21-17-22(30)5-7-24(21)31/h5-10,17-18,20H,4,11-16,19H2,1-3H3,(H,38,39)(H,32,33,34). The van der Waals surface area contributed by atoms with Crippen LogP contribution < -0.4 is 19.7 Å². The topological polar surface area (TPSA) is 103 Å². The van der Waals surface area contributed by atoms with Gasteiger partial charge < -0.3 is 24.8 Å². The van der Waals surface area contributed by atoms with Gasteiger partial charge in [-0.25, -0.2) is 14.2 Å². The number of methoxy groups -OCH3 is 1. The van der Waals surface area contributed by atoms with Crippen LogP contribution in [0.3, 0.4) is 0 Å². The van der Waals surface area contributed by atoms with E-state index in [0.29, 0.717) is 34.9 Å². The van der Waals surface area contributed by atoms with Gasteiger partial charge in [0.2, 0.25) is 5.95 Å². The zero-order chi connectivity index (χ0) is 29.4. The molecule has 0 aliphatic carbocycles. The number of benzene rings is 2. The minimum absolute atomic E-state index is 0.0758. The van der Waals surface area contributed by atoms with E-state index >= 15 is 0 Å². The lowest BCUT2D eigenvalue weighted by atomic mass is 10.2. The summed E-state index contributed by atoms with van der Waals surface area (Å²) >= 11 is 5.97. The molecule has 10 nitrogen and oxygen atoms in total. The van der Waals surface area contributed by atoms with Gasteiger partial charge in [-0.05, 0) is 56.7 Å². The Labute approximate surface area is 244 Å². The lowest BCUT2D eigenvalue weighted by molar-refractivity contribution is 0.104. The number of ether oxygens (including phenoxy) is 2. The lowest BCUT2D eigenvalue weighted by Crippen LogP contribution is -2.49. The highest BCUT2D eigenvalue weighted by molar-refractivity contribution is 6.30. The second-order valence-corrected chi connectivity index (χ2v) is 10.4. The Morgan fingerprint density at radius 2 is 1.93 bits per heavy atom. The van der Waals surface area contributed by atoms with Crippen molar-refractivity contribution in [1.82, 2.24) is 19.8 Å². The van der Waals surface area contributed by atoms with Gasteiger partial charge in [0, 0.05) is 67.3 Å². The van der Waals surface area contributed by atoms with Crippen molar-refractivity contribution in [3.63, 3.8) is 0 Å². The molecular weight excluding hydrogens is 551 g/mol. The Morgan fingerprint density at radius 3 is 2.63 bits per heavy atom. The van der Waals surface area contributed by atoms with Crippen LogP contribution in [0, 0.1) is 5.82 Å². The molecule has 0 saturated carbocycles. The summed E-state index contributed by atoms with van der Waals surface area (Å²) in [7, 11) is 1.57. The second-order valence-electron chi connectivity index (χ2n) is 10.0. The van der Waals surface area contributed by atoms with Crippen molar-refractivity contribution in [1.29, 1.82) is 0 Å². The number of hydrogen-bond acceptors (Lipinski definition) is 8. The second kappa shape index (κ2) is 14.3. The third kappa shape index (κ3) is 8.42. The molecule has 2 heterocycles. The summed E-state index contributed by atoms with van der Waals surface area (Å²) < 4.78 is 25.8. The molecule has 1 fully saturated rings. The first-order chi connectivity index (χ1) is 19.7. The minimum Gasteiger partial charge on any atom is -0.493 e. The molecule has 0 bridgehead atoms. The minimum atomic E-state index is -1.30. The number of carboxylic acid groups (broad SMARTS) is 1. The normalized spacial score (nSPS) is 14.2. The van der Waals surface area contributed by atoms with Crippen molar-refractivity contribution in [3.8, 4) is 11.5 Å². The van der Waals surface area contributed by atoms with E-state index in [1.165, 1.54) is 30.5 Å². The molecule has 1 aromatic heterocycles. The molecule has 220 valence electrons. The zero-order valence-electron chi connectivity index (χ0n) is 23.5. The fraction of sp³-hybridized carbons (Fsp3) is 0.414. The van der Waals surface area contributed by atoms with Crippen molar-refractivity contribution >= 4 is 35.1 Å². The summed E-state index contributed by atoms with van der Waals surface area (Å²) in [5.41, 5.74) is 0.749. The Bertz CT molecular complexity index is 1320. The van der Waals surface area contributed by atoms with Gasteiger partial charge in [-0.1, -0.05) is 11.6 Å². The van der Waals surface area contributed by atoms with E-state index in [1.807, 2.05) is 0 Å². The van der Waals surface area contributed by atoms with Crippen molar-refractivity contribution in [3.05, 3.63) is 65.1 Å². The number of aromatic nitrogens is 2. The smallest absolute Gasteiger partial charge is 0.413 e. The predicted octanol–water partition coefficient (Wildman–Crippen LogP) is 5.50. The molecule has 12 heteroatoms. The number of hydrogen-bond donors (Lipinski definition) is 2. The quantitative estimate of drug-likeness (QED) is 0.266. The van der Waals surface area contributed by atoms with E-state index in [4.69, 9.17) is 21.1 Å². The molecule has 0 atom stereocenters. The summed E-state index contributed by atoms with van der Waals surface area (Å²) in [6, 6.07) is 11.4. The first kappa shape index (κ1) is 30.3.